The largest absolute Gasteiger partial charge is 0.192 e. The number of hydrogen-bond acceptors (Lipinski definition) is 2. The summed E-state index contributed by atoms with van der Waals surface area (Å²) in [6.07, 6.45) is 0. The van der Waals surface area contributed by atoms with Crippen LogP contribution in [0.4, 0.5) is 0 Å². The summed E-state index contributed by atoms with van der Waals surface area (Å²) >= 11 is 7.53. The van der Waals surface area contributed by atoms with E-state index in [1.807, 2.05) is 48.5 Å². The van der Waals surface area contributed by atoms with Crippen molar-refractivity contribution in [3.05, 3.63) is 59.1 Å². The summed E-state index contributed by atoms with van der Waals surface area (Å²) in [6.45, 7) is 0. The van der Waals surface area contributed by atoms with Crippen molar-refractivity contribution in [1.82, 2.24) is 0 Å². The molecule has 0 saturated carbocycles. The molecule has 3 rings (SSSR count). The molecule has 0 N–H and O–H groups in total. The van der Waals surface area contributed by atoms with Gasteiger partial charge in [-0.05, 0) is 23.8 Å². The van der Waals surface area contributed by atoms with Gasteiger partial charge in [-0.2, -0.15) is 5.26 Å². The van der Waals surface area contributed by atoms with E-state index in [1.54, 1.807) is 11.3 Å². The fourth-order valence-electron chi connectivity index (χ4n) is 1.96. The van der Waals surface area contributed by atoms with Gasteiger partial charge in [-0.3, -0.25) is 0 Å². The molecule has 0 aliphatic heterocycles. The minimum absolute atomic E-state index is 0.707. The second-order valence-electron chi connectivity index (χ2n) is 3.92. The van der Waals surface area contributed by atoms with Gasteiger partial charge in [0.05, 0.1) is 10.4 Å². The van der Waals surface area contributed by atoms with Crippen LogP contribution < -0.4 is 0 Å². The fraction of sp³-hybridized carbons (Fsp3) is 0. The molecule has 0 radical (unpaired) electrons. The molecule has 0 aliphatic rings. The molecule has 0 bridgehead atoms. The lowest BCUT2D eigenvalue weighted by atomic mass is 10.1. The normalized spacial score (nSPS) is 10.4. The first kappa shape index (κ1) is 11.3. The minimum Gasteiger partial charge on any atom is -0.192 e. The van der Waals surface area contributed by atoms with E-state index < -0.39 is 0 Å². The van der Waals surface area contributed by atoms with Gasteiger partial charge in [0.2, 0.25) is 0 Å². The van der Waals surface area contributed by atoms with Crippen LogP contribution in [0.2, 0.25) is 5.02 Å². The summed E-state index contributed by atoms with van der Waals surface area (Å²) in [6, 6.07) is 17.9. The maximum Gasteiger partial charge on any atom is 0.101 e. The lowest BCUT2D eigenvalue weighted by Gasteiger charge is -1.98. The van der Waals surface area contributed by atoms with Gasteiger partial charge in [-0.1, -0.05) is 41.9 Å². The Balaban J connectivity index is 2.29. The molecule has 0 amide bonds. The molecule has 0 saturated heterocycles. The van der Waals surface area contributed by atoms with E-state index in [9.17, 15) is 5.26 Å². The Morgan fingerprint density at radius 3 is 2.44 bits per heavy atom. The standard InChI is InChI=1S/C15H8ClNS/c16-11-7-5-10(6-8-11)15-13(9-17)12-3-1-2-4-14(12)18-15/h1-8H. The zero-order valence-corrected chi connectivity index (χ0v) is 10.9. The molecule has 3 heteroatoms. The molecule has 0 unspecified atom stereocenters. The van der Waals surface area contributed by atoms with Gasteiger partial charge in [0.1, 0.15) is 6.07 Å². The van der Waals surface area contributed by atoms with E-state index in [0.29, 0.717) is 5.02 Å². The van der Waals surface area contributed by atoms with Crippen LogP contribution in [0, 0.1) is 11.3 Å². The molecule has 0 spiro atoms. The van der Waals surface area contributed by atoms with Gasteiger partial charge < -0.3 is 0 Å². The molecule has 18 heavy (non-hydrogen) atoms. The highest BCUT2D eigenvalue weighted by molar-refractivity contribution is 7.22. The molecule has 2 aromatic carbocycles. The van der Waals surface area contributed by atoms with Crippen LogP contribution in [-0.4, -0.2) is 0 Å². The van der Waals surface area contributed by atoms with Crippen LogP contribution in [0.5, 0.6) is 0 Å². The van der Waals surface area contributed by atoms with Crippen molar-refractivity contribution in [3.8, 4) is 16.5 Å². The molecular weight excluding hydrogens is 262 g/mol. The summed E-state index contributed by atoms with van der Waals surface area (Å²) < 4.78 is 1.14. The van der Waals surface area contributed by atoms with E-state index in [4.69, 9.17) is 11.6 Å². The second kappa shape index (κ2) is 4.45. The van der Waals surface area contributed by atoms with Crippen molar-refractivity contribution in [3.63, 3.8) is 0 Å². The van der Waals surface area contributed by atoms with Gasteiger partial charge >= 0.3 is 0 Å². The average Bonchev–Trinajstić information content (AvgIpc) is 2.78. The van der Waals surface area contributed by atoms with Crippen molar-refractivity contribution >= 4 is 33.0 Å². The first-order valence-corrected chi connectivity index (χ1v) is 6.66. The molecule has 86 valence electrons. The van der Waals surface area contributed by atoms with Crippen LogP contribution in [0.3, 0.4) is 0 Å². The number of rotatable bonds is 1. The van der Waals surface area contributed by atoms with E-state index in [-0.39, 0.29) is 0 Å². The smallest absolute Gasteiger partial charge is 0.101 e. The Labute approximate surface area is 114 Å². The maximum atomic E-state index is 9.35. The number of nitrogens with zero attached hydrogens (tertiary/aromatic N) is 1. The highest BCUT2D eigenvalue weighted by Crippen LogP contribution is 2.38. The zero-order chi connectivity index (χ0) is 12.5. The quantitative estimate of drug-likeness (QED) is 0.603. The predicted octanol–water partition coefficient (Wildman–Crippen LogP) is 5.09. The van der Waals surface area contributed by atoms with Crippen molar-refractivity contribution < 1.29 is 0 Å². The Hall–Kier alpha value is -1.82. The van der Waals surface area contributed by atoms with Crippen molar-refractivity contribution in [2.75, 3.05) is 0 Å². The van der Waals surface area contributed by atoms with Gasteiger partial charge in [-0.15, -0.1) is 11.3 Å². The lowest BCUT2D eigenvalue weighted by Crippen LogP contribution is -1.77. The fourth-order valence-corrected chi connectivity index (χ4v) is 3.25. The van der Waals surface area contributed by atoms with E-state index in [2.05, 4.69) is 6.07 Å². The van der Waals surface area contributed by atoms with Crippen LogP contribution in [0.15, 0.2) is 48.5 Å². The van der Waals surface area contributed by atoms with Gasteiger partial charge in [-0.25, -0.2) is 0 Å². The molecular formula is C15H8ClNS. The van der Waals surface area contributed by atoms with Crippen molar-refractivity contribution in [1.29, 1.82) is 5.26 Å². The van der Waals surface area contributed by atoms with Gasteiger partial charge in [0, 0.05) is 15.1 Å². The summed E-state index contributed by atoms with van der Waals surface area (Å²) in [5.41, 5.74) is 1.79. The highest BCUT2D eigenvalue weighted by Gasteiger charge is 2.12. The topological polar surface area (TPSA) is 23.8 Å². The van der Waals surface area contributed by atoms with Crippen LogP contribution in [0.25, 0.3) is 20.5 Å². The maximum absolute atomic E-state index is 9.35. The van der Waals surface area contributed by atoms with E-state index >= 15 is 0 Å². The third kappa shape index (κ3) is 1.78. The molecule has 1 nitrogen and oxygen atoms in total. The molecule has 0 fully saturated rings. The summed E-state index contributed by atoms with van der Waals surface area (Å²) in [5.74, 6) is 0. The van der Waals surface area contributed by atoms with Gasteiger partial charge in [0.15, 0.2) is 0 Å². The highest BCUT2D eigenvalue weighted by atomic mass is 35.5. The van der Waals surface area contributed by atoms with Crippen LogP contribution in [-0.2, 0) is 0 Å². The first-order valence-electron chi connectivity index (χ1n) is 5.47. The molecule has 1 heterocycles. The summed E-state index contributed by atoms with van der Waals surface area (Å²) in [7, 11) is 0. The monoisotopic (exact) mass is 269 g/mol. The zero-order valence-electron chi connectivity index (χ0n) is 9.35. The van der Waals surface area contributed by atoms with Crippen molar-refractivity contribution in [2.24, 2.45) is 0 Å². The Morgan fingerprint density at radius 1 is 1.00 bits per heavy atom. The Bertz CT molecular complexity index is 750. The number of nitriles is 1. The first-order chi connectivity index (χ1) is 8.79. The summed E-state index contributed by atoms with van der Waals surface area (Å²) in [4.78, 5) is 1.01. The summed E-state index contributed by atoms with van der Waals surface area (Å²) in [5, 5.41) is 11.1. The second-order valence-corrected chi connectivity index (χ2v) is 5.41. The lowest BCUT2D eigenvalue weighted by molar-refractivity contribution is 1.51. The molecule has 0 aliphatic carbocycles. The van der Waals surface area contributed by atoms with Crippen molar-refractivity contribution in [2.45, 2.75) is 0 Å². The number of fused-ring (bicyclic) bond motifs is 1. The molecule has 1 aromatic heterocycles. The van der Waals surface area contributed by atoms with Gasteiger partial charge in [0.25, 0.3) is 0 Å². The Morgan fingerprint density at radius 2 is 1.72 bits per heavy atom. The van der Waals surface area contributed by atoms with Crippen LogP contribution >= 0.6 is 22.9 Å². The predicted molar refractivity (Wildman–Crippen MR) is 77.0 cm³/mol. The number of halogens is 1. The SMILES string of the molecule is N#Cc1c(-c2ccc(Cl)cc2)sc2ccccc12. The third-order valence-electron chi connectivity index (χ3n) is 2.81. The van der Waals surface area contributed by atoms with Crippen LogP contribution in [0.1, 0.15) is 5.56 Å². The number of hydrogen-bond donors (Lipinski definition) is 0. The molecule has 0 atom stereocenters. The number of thiophene rings is 1. The van der Waals surface area contributed by atoms with E-state index in [0.717, 1.165) is 26.1 Å². The third-order valence-corrected chi connectivity index (χ3v) is 4.29. The number of benzene rings is 2. The van der Waals surface area contributed by atoms with E-state index in [1.165, 1.54) is 0 Å². The molecule has 3 aromatic rings. The Kier molecular flexibility index (Phi) is 2.79. The minimum atomic E-state index is 0.707. The average molecular weight is 270 g/mol.